The van der Waals surface area contributed by atoms with Gasteiger partial charge in [-0.3, -0.25) is 10.1 Å². The molecule has 0 bridgehead atoms. The average Bonchev–Trinajstić information content (AvgIpc) is 3.34. The van der Waals surface area contributed by atoms with E-state index in [-0.39, 0.29) is 30.8 Å². The zero-order valence-corrected chi connectivity index (χ0v) is 22.8. The van der Waals surface area contributed by atoms with Gasteiger partial charge in [0.25, 0.3) is 0 Å². The number of β-amino-alcohol motifs (C(OH)–C–C–N with tert-alkyl or cyclic N) is 1. The first kappa shape index (κ1) is 28.4. The van der Waals surface area contributed by atoms with Crippen LogP contribution in [0.25, 0.3) is 0 Å². The molecule has 38 heavy (non-hydrogen) atoms. The fourth-order valence-electron chi connectivity index (χ4n) is 7.22. The molecule has 0 radical (unpaired) electrons. The number of hydrogen-bond acceptors (Lipinski definition) is 8. The molecule has 1 heterocycles. The molecule has 1 aliphatic heterocycles. The number of hydrogen-bond donors (Lipinski definition) is 4. The topological polar surface area (TPSA) is 138 Å². The van der Waals surface area contributed by atoms with Crippen LogP contribution < -0.4 is 14.8 Å². The third-order valence-corrected chi connectivity index (χ3v) is 9.43. The van der Waals surface area contributed by atoms with Crippen molar-refractivity contribution in [2.24, 2.45) is 22.7 Å². The highest BCUT2D eigenvalue weighted by Crippen LogP contribution is 2.61. The first-order chi connectivity index (χ1) is 18.0. The predicted molar refractivity (Wildman–Crippen MR) is 140 cm³/mol. The Morgan fingerprint density at radius 1 is 1.05 bits per heavy atom. The number of rotatable bonds is 7. The van der Waals surface area contributed by atoms with Gasteiger partial charge in [0.15, 0.2) is 0 Å². The van der Waals surface area contributed by atoms with Gasteiger partial charge in [-0.05, 0) is 49.4 Å². The molecular weight excluding hydrogens is 492 g/mol. The van der Waals surface area contributed by atoms with Gasteiger partial charge in [0.1, 0.15) is 17.6 Å². The Morgan fingerprint density at radius 2 is 1.74 bits per heavy atom. The SMILES string of the molecule is COc1cc(NC(=O)O[C@@H]2CC[C@]3(C)[C@H](CC[C@@H](O)[C@H]3CC(=O)N3CC[C@@H](O)C3)[C@]2(C)CO)cc(OC)c1. The van der Waals surface area contributed by atoms with Crippen LogP contribution in [0.2, 0.25) is 0 Å². The van der Waals surface area contributed by atoms with E-state index in [2.05, 4.69) is 12.2 Å². The van der Waals surface area contributed by atoms with Crippen LogP contribution in [0.1, 0.15) is 52.4 Å². The number of methoxy groups -OCH3 is 2. The molecule has 10 nitrogen and oxygen atoms in total. The number of aliphatic hydroxyl groups is 3. The van der Waals surface area contributed by atoms with E-state index in [0.717, 1.165) is 0 Å². The molecule has 212 valence electrons. The van der Waals surface area contributed by atoms with Gasteiger partial charge in [0.2, 0.25) is 5.91 Å². The number of likely N-dealkylation sites (tertiary alicyclic amines) is 1. The third kappa shape index (κ3) is 5.44. The number of carbonyl (C=O) groups is 2. The van der Waals surface area contributed by atoms with Crippen LogP contribution >= 0.6 is 0 Å². The Bertz CT molecular complexity index is 998. The average molecular weight is 535 g/mol. The fraction of sp³-hybridized carbons (Fsp3) is 0.714. The molecule has 4 rings (SSSR count). The van der Waals surface area contributed by atoms with Crippen molar-refractivity contribution in [1.82, 2.24) is 4.90 Å². The van der Waals surface area contributed by atoms with Crippen molar-refractivity contribution in [1.29, 1.82) is 0 Å². The monoisotopic (exact) mass is 534 g/mol. The Hall–Kier alpha value is -2.56. The fourth-order valence-corrected chi connectivity index (χ4v) is 7.22. The van der Waals surface area contributed by atoms with Gasteiger partial charge in [0, 0.05) is 43.1 Å². The molecule has 10 heteroatoms. The number of ether oxygens (including phenoxy) is 3. The zero-order chi connectivity index (χ0) is 27.7. The van der Waals surface area contributed by atoms with Gasteiger partial charge in [0.05, 0.1) is 38.7 Å². The number of fused-ring (bicyclic) bond motifs is 1. The minimum absolute atomic E-state index is 0.0513. The third-order valence-electron chi connectivity index (χ3n) is 9.43. The maximum atomic E-state index is 13.1. The standard InChI is InChI=1S/C28H42N2O8/c1-27-9-7-24(38-26(35)29-17-11-19(36-3)13-20(12-17)37-4)28(2,16-31)23(27)6-5-22(33)21(27)14-25(34)30-10-8-18(32)15-30/h11-13,18,21-24,31-33H,5-10,14-16H2,1-4H3,(H,29,35)/t18-,21-,22-,23+,24-,27+,28+/m1/s1. The van der Waals surface area contributed by atoms with Crippen molar-refractivity contribution in [3.63, 3.8) is 0 Å². The van der Waals surface area contributed by atoms with E-state index < -0.39 is 35.2 Å². The molecule has 1 saturated heterocycles. The highest BCUT2D eigenvalue weighted by molar-refractivity contribution is 5.85. The number of nitrogens with one attached hydrogen (secondary N) is 1. The Morgan fingerprint density at radius 3 is 2.32 bits per heavy atom. The molecule has 2 aliphatic carbocycles. The number of aliphatic hydroxyl groups excluding tert-OH is 3. The van der Waals surface area contributed by atoms with Crippen LogP contribution in [-0.4, -0.2) is 84.4 Å². The predicted octanol–water partition coefficient (Wildman–Crippen LogP) is 2.79. The van der Waals surface area contributed by atoms with Crippen LogP contribution in [0.5, 0.6) is 11.5 Å². The lowest BCUT2D eigenvalue weighted by atomic mass is 9.46. The summed E-state index contributed by atoms with van der Waals surface area (Å²) in [6.45, 7) is 4.72. The molecule has 2 amide bonds. The summed E-state index contributed by atoms with van der Waals surface area (Å²) in [6, 6.07) is 5.03. The van der Waals surface area contributed by atoms with Gasteiger partial charge < -0.3 is 34.4 Å². The van der Waals surface area contributed by atoms with E-state index in [1.54, 1.807) is 23.1 Å². The molecule has 0 aromatic heterocycles. The highest BCUT2D eigenvalue weighted by Gasteiger charge is 2.60. The van der Waals surface area contributed by atoms with Crippen molar-refractivity contribution in [3.05, 3.63) is 18.2 Å². The van der Waals surface area contributed by atoms with Crippen molar-refractivity contribution in [3.8, 4) is 11.5 Å². The Labute approximate surface area is 224 Å². The number of nitrogens with zero attached hydrogens (tertiary/aromatic N) is 1. The highest BCUT2D eigenvalue weighted by atomic mass is 16.6. The van der Waals surface area contributed by atoms with E-state index in [0.29, 0.717) is 62.4 Å². The molecule has 2 saturated carbocycles. The minimum Gasteiger partial charge on any atom is -0.497 e. The summed E-state index contributed by atoms with van der Waals surface area (Å²) in [5, 5.41) is 34.3. The van der Waals surface area contributed by atoms with Crippen molar-refractivity contribution in [2.45, 2.75) is 70.7 Å². The molecule has 0 unspecified atom stereocenters. The second kappa shape index (κ2) is 11.3. The van der Waals surface area contributed by atoms with Gasteiger partial charge in [-0.2, -0.15) is 0 Å². The van der Waals surface area contributed by atoms with E-state index in [9.17, 15) is 24.9 Å². The molecule has 1 aromatic rings. The summed E-state index contributed by atoms with van der Waals surface area (Å²) >= 11 is 0. The number of anilines is 1. The number of benzene rings is 1. The maximum Gasteiger partial charge on any atom is 0.411 e. The summed E-state index contributed by atoms with van der Waals surface area (Å²) in [6.07, 6.45) is 0.802. The van der Waals surface area contributed by atoms with Crippen LogP contribution in [0.3, 0.4) is 0 Å². The van der Waals surface area contributed by atoms with Gasteiger partial charge >= 0.3 is 6.09 Å². The van der Waals surface area contributed by atoms with Crippen LogP contribution in [-0.2, 0) is 9.53 Å². The van der Waals surface area contributed by atoms with E-state index >= 15 is 0 Å². The molecule has 1 aromatic carbocycles. The van der Waals surface area contributed by atoms with Gasteiger partial charge in [-0.1, -0.05) is 13.8 Å². The van der Waals surface area contributed by atoms with Crippen molar-refractivity contribution < 1.29 is 39.1 Å². The second-order valence-electron chi connectivity index (χ2n) is 11.6. The first-order valence-electron chi connectivity index (χ1n) is 13.5. The van der Waals surface area contributed by atoms with Gasteiger partial charge in [-0.25, -0.2) is 4.79 Å². The summed E-state index contributed by atoms with van der Waals surface area (Å²) in [5.41, 5.74) is -0.703. The summed E-state index contributed by atoms with van der Waals surface area (Å²) in [4.78, 5) is 27.7. The molecule has 3 aliphatic rings. The van der Waals surface area contributed by atoms with Crippen LogP contribution in [0, 0.1) is 22.7 Å². The molecule has 7 atom stereocenters. The second-order valence-corrected chi connectivity index (χ2v) is 11.6. The molecular formula is C28H42N2O8. The minimum atomic E-state index is -0.748. The zero-order valence-electron chi connectivity index (χ0n) is 22.8. The normalized spacial score (nSPS) is 34.8. The largest absolute Gasteiger partial charge is 0.497 e. The van der Waals surface area contributed by atoms with E-state index in [1.165, 1.54) is 14.2 Å². The quantitative estimate of drug-likeness (QED) is 0.419. The summed E-state index contributed by atoms with van der Waals surface area (Å²) in [5.74, 6) is 0.658. The van der Waals surface area contributed by atoms with Gasteiger partial charge in [-0.15, -0.1) is 0 Å². The molecule has 3 fully saturated rings. The first-order valence-corrected chi connectivity index (χ1v) is 13.5. The van der Waals surface area contributed by atoms with E-state index in [1.807, 2.05) is 6.92 Å². The maximum absolute atomic E-state index is 13.1. The van der Waals surface area contributed by atoms with Crippen molar-refractivity contribution in [2.75, 3.05) is 39.2 Å². The van der Waals surface area contributed by atoms with E-state index in [4.69, 9.17) is 14.2 Å². The number of carbonyl (C=O) groups excluding carboxylic acids is 2. The van der Waals surface area contributed by atoms with Crippen LogP contribution in [0.15, 0.2) is 18.2 Å². The summed E-state index contributed by atoms with van der Waals surface area (Å²) < 4.78 is 16.5. The summed E-state index contributed by atoms with van der Waals surface area (Å²) in [7, 11) is 3.05. The molecule has 0 spiro atoms. The number of amides is 2. The molecule has 4 N–H and O–H groups in total. The smallest absolute Gasteiger partial charge is 0.411 e. The lowest BCUT2D eigenvalue weighted by Gasteiger charge is -2.60. The lowest BCUT2D eigenvalue weighted by Crippen LogP contribution is -2.61. The Kier molecular flexibility index (Phi) is 8.44. The van der Waals surface area contributed by atoms with Crippen molar-refractivity contribution >= 4 is 17.7 Å². The Balaban J connectivity index is 1.49. The lowest BCUT2D eigenvalue weighted by molar-refractivity contribution is -0.186. The van der Waals surface area contributed by atoms with Crippen LogP contribution in [0.4, 0.5) is 10.5 Å².